The van der Waals surface area contributed by atoms with Crippen LogP contribution in [0.15, 0.2) is 39.8 Å². The van der Waals surface area contributed by atoms with Gasteiger partial charge in [0.25, 0.3) is 5.56 Å². The van der Waals surface area contributed by atoms with Gasteiger partial charge in [-0.3, -0.25) is 19.6 Å². The number of amidine groups is 1. The number of rotatable bonds is 5. The number of hydrogen-bond donors (Lipinski definition) is 4. The first-order chi connectivity index (χ1) is 17.4. The Morgan fingerprint density at radius 3 is 2.67 bits per heavy atom. The van der Waals surface area contributed by atoms with Crippen LogP contribution in [0.3, 0.4) is 0 Å². The monoisotopic (exact) mass is 489 g/mol. The highest BCUT2D eigenvalue weighted by atomic mass is 16.1. The maximum atomic E-state index is 13.4. The Morgan fingerprint density at radius 1 is 1.25 bits per heavy atom. The first-order valence-electron chi connectivity index (χ1n) is 12.4. The Balaban J connectivity index is 1.40. The lowest BCUT2D eigenvalue weighted by atomic mass is 10.0. The summed E-state index contributed by atoms with van der Waals surface area (Å²) in [5.74, 6) is 1.09. The van der Waals surface area contributed by atoms with Gasteiger partial charge in [-0.05, 0) is 32.3 Å². The minimum atomic E-state index is -0.272. The van der Waals surface area contributed by atoms with Crippen LogP contribution in [0, 0.1) is 12.3 Å². The second-order valence-corrected chi connectivity index (χ2v) is 9.38. The summed E-state index contributed by atoms with van der Waals surface area (Å²) >= 11 is 0. The van der Waals surface area contributed by atoms with Crippen molar-refractivity contribution in [2.75, 3.05) is 31.5 Å². The summed E-state index contributed by atoms with van der Waals surface area (Å²) in [7, 11) is 0. The molecule has 3 aliphatic rings. The number of nitrogens with one attached hydrogen (secondary N) is 4. The van der Waals surface area contributed by atoms with Gasteiger partial charge in [0.15, 0.2) is 5.78 Å². The van der Waals surface area contributed by atoms with Gasteiger partial charge in [0.05, 0.1) is 17.5 Å². The molecule has 4 N–H and O–H groups in total. The molecule has 5 rings (SSSR count). The van der Waals surface area contributed by atoms with E-state index in [0.717, 1.165) is 51.9 Å². The van der Waals surface area contributed by atoms with Crippen molar-refractivity contribution < 1.29 is 4.79 Å². The first-order valence-corrected chi connectivity index (χ1v) is 12.4. The van der Waals surface area contributed by atoms with E-state index in [1.807, 2.05) is 4.90 Å². The van der Waals surface area contributed by atoms with Gasteiger partial charge >= 0.3 is 0 Å². The number of piperazine rings is 1. The van der Waals surface area contributed by atoms with Crippen LogP contribution in [0.5, 0.6) is 0 Å². The molecule has 0 amide bonds. The highest BCUT2D eigenvalue weighted by molar-refractivity contribution is 5.99. The number of carbonyl (C=O) groups is 1. The minimum Gasteiger partial charge on any atom is -0.354 e. The zero-order valence-electron chi connectivity index (χ0n) is 20.6. The fraction of sp³-hybridized carbons (Fsp3) is 0.440. The number of pyridine rings is 1. The molecule has 0 radical (unpaired) electrons. The molecule has 2 aliphatic heterocycles. The molecule has 0 unspecified atom stereocenters. The summed E-state index contributed by atoms with van der Waals surface area (Å²) in [5.41, 5.74) is 1.75. The Morgan fingerprint density at radius 2 is 2.00 bits per heavy atom. The van der Waals surface area contributed by atoms with Gasteiger partial charge in [-0.1, -0.05) is 12.8 Å². The van der Waals surface area contributed by atoms with Crippen LogP contribution in [0.4, 0.5) is 5.95 Å². The SMILES string of the molecule is CC(=O)c1c(C)c2cnc(NC3=CN/C(=C/C(=N)N4CCNCC4)N=C3)nc2n(C2CCCC2)c1=O. The smallest absolute Gasteiger partial charge is 0.263 e. The van der Waals surface area contributed by atoms with Crippen LogP contribution in [0.25, 0.3) is 11.0 Å². The number of carbonyl (C=O) groups excluding carboxylic acids is 1. The average molecular weight is 490 g/mol. The Labute approximate surface area is 208 Å². The number of allylic oxidation sites excluding steroid dienone is 1. The van der Waals surface area contributed by atoms with Crippen LogP contribution in [-0.4, -0.2) is 63.4 Å². The van der Waals surface area contributed by atoms with Crippen LogP contribution < -0.4 is 21.5 Å². The number of Topliss-reactive ketones (excluding diaryl/α,β-unsaturated/α-hetero) is 1. The van der Waals surface area contributed by atoms with Gasteiger partial charge in [0.1, 0.15) is 17.3 Å². The molecule has 0 spiro atoms. The Hall–Kier alpha value is -3.86. The van der Waals surface area contributed by atoms with Gasteiger partial charge in [-0.25, -0.2) is 9.98 Å². The zero-order chi connectivity index (χ0) is 25.2. The van der Waals surface area contributed by atoms with Crippen LogP contribution in [-0.2, 0) is 0 Å². The van der Waals surface area contributed by atoms with Gasteiger partial charge in [0, 0.05) is 56.1 Å². The van der Waals surface area contributed by atoms with Crippen LogP contribution >= 0.6 is 0 Å². The van der Waals surface area contributed by atoms with E-state index in [2.05, 4.69) is 25.9 Å². The summed E-state index contributed by atoms with van der Waals surface area (Å²) in [5, 5.41) is 18.5. The third kappa shape index (κ3) is 4.66. The number of aliphatic imine (C=N–C) groups is 1. The highest BCUT2D eigenvalue weighted by Gasteiger charge is 2.26. The lowest BCUT2D eigenvalue weighted by Crippen LogP contribution is -2.45. The number of ketones is 1. The number of aromatic nitrogens is 3. The predicted octanol–water partition coefficient (Wildman–Crippen LogP) is 2.07. The van der Waals surface area contributed by atoms with Crippen molar-refractivity contribution >= 4 is 34.8 Å². The summed E-state index contributed by atoms with van der Waals surface area (Å²) in [6.07, 6.45) is 10.7. The number of hydrogen-bond acceptors (Lipinski definition) is 9. The number of fused-ring (bicyclic) bond motifs is 1. The van der Waals surface area contributed by atoms with Gasteiger partial charge < -0.3 is 20.9 Å². The second kappa shape index (κ2) is 10.0. The Bertz CT molecular complexity index is 1360. The van der Waals surface area contributed by atoms with E-state index in [1.54, 1.807) is 36.2 Å². The topological polar surface area (TPSA) is 140 Å². The molecule has 0 atom stereocenters. The molecular weight excluding hydrogens is 458 g/mol. The summed E-state index contributed by atoms with van der Waals surface area (Å²) in [4.78, 5) is 41.2. The van der Waals surface area contributed by atoms with Crippen LogP contribution in [0.2, 0.25) is 0 Å². The molecule has 2 fully saturated rings. The Kier molecular flexibility index (Phi) is 6.64. The normalized spacial score (nSPS) is 19.4. The maximum Gasteiger partial charge on any atom is 0.263 e. The third-order valence-corrected chi connectivity index (χ3v) is 6.96. The van der Waals surface area contributed by atoms with E-state index < -0.39 is 0 Å². The molecule has 1 saturated carbocycles. The molecule has 1 saturated heterocycles. The molecule has 11 heteroatoms. The van der Waals surface area contributed by atoms with Crippen molar-refractivity contribution in [1.82, 2.24) is 30.1 Å². The fourth-order valence-electron chi connectivity index (χ4n) is 5.08. The standard InChI is InChI=1S/C25H31N9O2/c1-15-19-14-30-25(32-23(19)34(18-5-3-4-6-18)24(36)22(15)16(2)35)31-17-12-28-21(29-13-17)11-20(26)33-9-7-27-8-10-33/h11-14,18,26-28H,3-10H2,1-2H3,(H,30,31,32)/b21-11-,26-20?. The van der Waals surface area contributed by atoms with E-state index in [4.69, 9.17) is 10.4 Å². The molecule has 0 bridgehead atoms. The van der Waals surface area contributed by atoms with Crippen molar-refractivity contribution in [2.45, 2.75) is 45.6 Å². The van der Waals surface area contributed by atoms with Crippen molar-refractivity contribution in [3.8, 4) is 0 Å². The molecule has 188 valence electrons. The summed E-state index contributed by atoms with van der Waals surface area (Å²) < 4.78 is 1.70. The quantitative estimate of drug-likeness (QED) is 0.284. The van der Waals surface area contributed by atoms with Crippen molar-refractivity contribution in [2.24, 2.45) is 4.99 Å². The van der Waals surface area contributed by atoms with Gasteiger partial charge in [0.2, 0.25) is 5.95 Å². The van der Waals surface area contributed by atoms with E-state index in [-0.39, 0.29) is 22.9 Å². The molecule has 0 aromatic carbocycles. The second-order valence-electron chi connectivity index (χ2n) is 9.38. The lowest BCUT2D eigenvalue weighted by Gasteiger charge is -2.28. The molecule has 4 heterocycles. The van der Waals surface area contributed by atoms with Crippen molar-refractivity contribution in [1.29, 1.82) is 5.41 Å². The largest absolute Gasteiger partial charge is 0.354 e. The van der Waals surface area contributed by atoms with E-state index in [1.165, 1.54) is 6.92 Å². The first kappa shape index (κ1) is 23.9. The lowest BCUT2D eigenvalue weighted by molar-refractivity contribution is 0.101. The average Bonchev–Trinajstić information content (AvgIpc) is 3.40. The van der Waals surface area contributed by atoms with Crippen LogP contribution in [0.1, 0.15) is 54.6 Å². The third-order valence-electron chi connectivity index (χ3n) is 6.96. The molecule has 36 heavy (non-hydrogen) atoms. The summed E-state index contributed by atoms with van der Waals surface area (Å²) in [6, 6.07) is 0.0253. The number of anilines is 1. The highest BCUT2D eigenvalue weighted by Crippen LogP contribution is 2.31. The van der Waals surface area contributed by atoms with Gasteiger partial charge in [-0.2, -0.15) is 4.98 Å². The predicted molar refractivity (Wildman–Crippen MR) is 140 cm³/mol. The molecule has 11 nitrogen and oxygen atoms in total. The molecule has 2 aromatic heterocycles. The fourth-order valence-corrected chi connectivity index (χ4v) is 5.08. The number of nitrogens with zero attached hydrogens (tertiary/aromatic N) is 5. The van der Waals surface area contributed by atoms with E-state index >= 15 is 0 Å². The molecular formula is C25H31N9O2. The maximum absolute atomic E-state index is 13.4. The summed E-state index contributed by atoms with van der Waals surface area (Å²) in [6.45, 7) is 6.54. The van der Waals surface area contributed by atoms with E-state index in [9.17, 15) is 9.59 Å². The van der Waals surface area contributed by atoms with Crippen molar-refractivity contribution in [3.63, 3.8) is 0 Å². The van der Waals surface area contributed by atoms with Crippen molar-refractivity contribution in [3.05, 3.63) is 51.5 Å². The van der Waals surface area contributed by atoms with E-state index in [0.29, 0.717) is 39.9 Å². The molecule has 2 aromatic rings. The minimum absolute atomic E-state index is 0.0253. The van der Waals surface area contributed by atoms with Gasteiger partial charge in [-0.15, -0.1) is 0 Å². The zero-order valence-corrected chi connectivity index (χ0v) is 20.6. The number of aryl methyl sites for hydroxylation is 1. The molecule has 1 aliphatic carbocycles.